The van der Waals surface area contributed by atoms with Crippen molar-refractivity contribution in [2.75, 3.05) is 0 Å². The Labute approximate surface area is 84.3 Å². The first-order valence-corrected chi connectivity index (χ1v) is 3.41. The third-order valence-corrected chi connectivity index (χ3v) is 0. The van der Waals surface area contributed by atoms with Crippen molar-refractivity contribution < 1.29 is 31.3 Å². The van der Waals surface area contributed by atoms with E-state index in [-0.39, 0.29) is 21.1 Å². The summed E-state index contributed by atoms with van der Waals surface area (Å²) in [5.41, 5.74) is -1.50. The van der Waals surface area contributed by atoms with Gasteiger partial charge in [-0.25, -0.2) is 0 Å². The van der Waals surface area contributed by atoms with Crippen molar-refractivity contribution in [3.8, 4) is 0 Å². The van der Waals surface area contributed by atoms with E-state index >= 15 is 0 Å². The van der Waals surface area contributed by atoms with Crippen LogP contribution in [0.15, 0.2) is 0 Å². The van der Waals surface area contributed by atoms with Gasteiger partial charge in [0.05, 0.1) is 0 Å². The molecule has 0 aliphatic rings. The number of rotatable bonds is 0. The van der Waals surface area contributed by atoms with Crippen molar-refractivity contribution in [2.24, 2.45) is 0 Å². The van der Waals surface area contributed by atoms with Crippen LogP contribution in [0.2, 0.25) is 0 Å². The second kappa shape index (κ2) is 6.16. The predicted molar refractivity (Wildman–Crippen MR) is 39.5 cm³/mol. The van der Waals surface area contributed by atoms with E-state index < -0.39 is 11.2 Å². The molecule has 0 aliphatic heterocycles. The fraction of sp³-hybridized carbons (Fsp3) is 1.00. The summed E-state index contributed by atoms with van der Waals surface area (Å²) in [6.07, 6.45) is 0. The molecule has 70 valence electrons. The van der Waals surface area contributed by atoms with E-state index in [0.717, 1.165) is 0 Å². The molecule has 0 rings (SSSR count). The SMILES string of the molecule is CC(C)(C)[O-].CC(C)(C)[O-].[Mo]. The molecular formula is C8H18MoO2-2. The van der Waals surface area contributed by atoms with Gasteiger partial charge in [-0.05, 0) is 0 Å². The van der Waals surface area contributed by atoms with E-state index in [1.54, 1.807) is 41.5 Å². The van der Waals surface area contributed by atoms with Crippen molar-refractivity contribution in [1.29, 1.82) is 0 Å². The van der Waals surface area contributed by atoms with Crippen LogP contribution in [0.5, 0.6) is 0 Å². The van der Waals surface area contributed by atoms with Crippen molar-refractivity contribution in [2.45, 2.75) is 52.7 Å². The zero-order valence-electron chi connectivity index (χ0n) is 8.22. The summed E-state index contributed by atoms with van der Waals surface area (Å²) < 4.78 is 0. The Bertz CT molecular complexity index is 55.1. The summed E-state index contributed by atoms with van der Waals surface area (Å²) in [4.78, 5) is 0. The molecule has 0 unspecified atom stereocenters. The van der Waals surface area contributed by atoms with Crippen LogP contribution in [0.3, 0.4) is 0 Å². The molecule has 0 spiro atoms. The van der Waals surface area contributed by atoms with Gasteiger partial charge in [0.15, 0.2) is 0 Å². The first-order valence-electron chi connectivity index (χ1n) is 3.41. The second-order valence-electron chi connectivity index (χ2n) is 4.22. The Morgan fingerprint density at radius 2 is 0.636 bits per heavy atom. The van der Waals surface area contributed by atoms with Crippen LogP contribution in [-0.4, -0.2) is 11.2 Å². The maximum atomic E-state index is 10.1. The van der Waals surface area contributed by atoms with Gasteiger partial charge in [0.25, 0.3) is 0 Å². The minimum atomic E-state index is -0.750. The molecule has 3 heteroatoms. The standard InChI is InChI=1S/2C4H9O.Mo/c2*1-4(2,3)5;/h2*1-3H3;/q2*-1;. The quantitative estimate of drug-likeness (QED) is 0.573. The Balaban J connectivity index is -0.000000107. The minimum Gasteiger partial charge on any atom is -0.850 e. The fourth-order valence-electron chi connectivity index (χ4n) is 0. The molecular weight excluding hydrogens is 224 g/mol. The molecule has 0 saturated heterocycles. The van der Waals surface area contributed by atoms with E-state index in [1.165, 1.54) is 0 Å². The molecule has 0 fully saturated rings. The number of hydrogen-bond donors (Lipinski definition) is 0. The average Bonchev–Trinajstić information content (AvgIpc) is 1.12. The third kappa shape index (κ3) is 2120. The van der Waals surface area contributed by atoms with E-state index in [0.29, 0.717) is 0 Å². The van der Waals surface area contributed by atoms with E-state index in [1.807, 2.05) is 0 Å². The van der Waals surface area contributed by atoms with Gasteiger partial charge in [0.2, 0.25) is 0 Å². The first-order chi connectivity index (χ1) is 4.00. The zero-order valence-corrected chi connectivity index (χ0v) is 10.2. The van der Waals surface area contributed by atoms with Crippen molar-refractivity contribution in [3.63, 3.8) is 0 Å². The molecule has 0 aromatic heterocycles. The van der Waals surface area contributed by atoms with Crippen LogP contribution in [0.1, 0.15) is 41.5 Å². The summed E-state index contributed by atoms with van der Waals surface area (Å²) in [6, 6.07) is 0. The Kier molecular flexibility index (Phi) is 9.87. The fourth-order valence-corrected chi connectivity index (χ4v) is 0. The van der Waals surface area contributed by atoms with Crippen LogP contribution in [0.25, 0.3) is 0 Å². The molecule has 0 aromatic rings. The molecule has 0 bridgehead atoms. The van der Waals surface area contributed by atoms with Gasteiger partial charge in [-0.15, -0.1) is 11.2 Å². The van der Waals surface area contributed by atoms with Crippen LogP contribution in [-0.2, 0) is 21.1 Å². The van der Waals surface area contributed by atoms with Gasteiger partial charge >= 0.3 is 0 Å². The Hall–Kier alpha value is 0.608. The molecule has 0 aromatic carbocycles. The molecule has 0 aliphatic carbocycles. The van der Waals surface area contributed by atoms with Gasteiger partial charge in [0.1, 0.15) is 0 Å². The second-order valence-corrected chi connectivity index (χ2v) is 4.22. The number of hydrogen-bond acceptors (Lipinski definition) is 2. The summed E-state index contributed by atoms with van der Waals surface area (Å²) >= 11 is 0. The summed E-state index contributed by atoms with van der Waals surface area (Å²) in [7, 11) is 0. The van der Waals surface area contributed by atoms with Crippen molar-refractivity contribution in [1.82, 2.24) is 0 Å². The van der Waals surface area contributed by atoms with Crippen molar-refractivity contribution >= 4 is 0 Å². The maximum Gasteiger partial charge on any atom is 0 e. The minimum absolute atomic E-state index is 0. The van der Waals surface area contributed by atoms with E-state index in [9.17, 15) is 10.2 Å². The smallest absolute Gasteiger partial charge is 0 e. The topological polar surface area (TPSA) is 46.1 Å². The van der Waals surface area contributed by atoms with Gasteiger partial charge < -0.3 is 10.2 Å². The molecule has 0 heterocycles. The van der Waals surface area contributed by atoms with Crippen LogP contribution >= 0.6 is 0 Å². The first kappa shape index (κ1) is 17.6. The predicted octanol–water partition coefficient (Wildman–Crippen LogP) is 0.288. The normalized spacial score (nSPS) is 10.9. The molecule has 2 nitrogen and oxygen atoms in total. The van der Waals surface area contributed by atoms with Gasteiger partial charge in [-0.3, -0.25) is 0 Å². The Morgan fingerprint density at radius 1 is 0.636 bits per heavy atom. The molecule has 0 N–H and O–H groups in total. The average molecular weight is 242 g/mol. The van der Waals surface area contributed by atoms with Crippen LogP contribution < -0.4 is 10.2 Å². The molecule has 11 heavy (non-hydrogen) atoms. The van der Waals surface area contributed by atoms with E-state index in [4.69, 9.17) is 0 Å². The van der Waals surface area contributed by atoms with Gasteiger partial charge in [-0.2, -0.15) is 0 Å². The van der Waals surface area contributed by atoms with Crippen LogP contribution in [0.4, 0.5) is 0 Å². The maximum absolute atomic E-state index is 10.1. The van der Waals surface area contributed by atoms with Gasteiger partial charge in [-0.1, -0.05) is 41.5 Å². The monoisotopic (exact) mass is 244 g/mol. The van der Waals surface area contributed by atoms with Crippen molar-refractivity contribution in [3.05, 3.63) is 0 Å². The molecule has 0 atom stereocenters. The largest absolute Gasteiger partial charge is 0.850 e. The molecule has 0 saturated carbocycles. The van der Waals surface area contributed by atoms with Gasteiger partial charge in [0, 0.05) is 21.1 Å². The summed E-state index contributed by atoms with van der Waals surface area (Å²) in [6.45, 7) is 9.79. The third-order valence-electron chi connectivity index (χ3n) is 0. The zero-order chi connectivity index (χ0) is 9.00. The van der Waals surface area contributed by atoms with E-state index in [2.05, 4.69) is 0 Å². The Morgan fingerprint density at radius 3 is 0.636 bits per heavy atom. The molecule has 0 radical (unpaired) electrons. The summed E-state index contributed by atoms with van der Waals surface area (Å²) in [5, 5.41) is 20.2. The van der Waals surface area contributed by atoms with Crippen LogP contribution in [0, 0.1) is 0 Å². The summed E-state index contributed by atoms with van der Waals surface area (Å²) in [5.74, 6) is 0. The molecule has 0 amide bonds.